The second-order valence-electron chi connectivity index (χ2n) is 3.40. The van der Waals surface area contributed by atoms with Crippen molar-refractivity contribution in [2.24, 2.45) is 0 Å². The standard InChI is InChI=1S/C9H12Br2O4S2/c10-8-5-7(9(11)16-8)6-15-3-1-2-4-17(12,13)14/h5H,1-4,6H2,(H,12,13,14). The first kappa shape index (κ1) is 15.6. The maximum Gasteiger partial charge on any atom is 0.264 e. The Morgan fingerprint density at radius 3 is 2.59 bits per heavy atom. The van der Waals surface area contributed by atoms with Gasteiger partial charge in [0.15, 0.2) is 0 Å². The minimum atomic E-state index is -3.83. The lowest BCUT2D eigenvalue weighted by atomic mass is 10.3. The third-order valence-corrected chi connectivity index (χ3v) is 5.19. The maximum absolute atomic E-state index is 10.4. The van der Waals surface area contributed by atoms with Crippen LogP contribution >= 0.6 is 43.2 Å². The molecule has 0 aliphatic carbocycles. The van der Waals surface area contributed by atoms with Crippen LogP contribution < -0.4 is 0 Å². The Balaban J connectivity index is 2.15. The molecule has 0 aliphatic rings. The van der Waals surface area contributed by atoms with Crippen molar-refractivity contribution in [1.82, 2.24) is 0 Å². The van der Waals surface area contributed by atoms with Crippen LogP contribution in [0.3, 0.4) is 0 Å². The summed E-state index contributed by atoms with van der Waals surface area (Å²) >= 11 is 8.38. The van der Waals surface area contributed by atoms with Gasteiger partial charge in [0.2, 0.25) is 0 Å². The highest BCUT2D eigenvalue weighted by Gasteiger charge is 2.06. The number of rotatable bonds is 7. The minimum absolute atomic E-state index is 0.204. The second-order valence-corrected chi connectivity index (χ2v) is 8.72. The third kappa shape index (κ3) is 6.88. The van der Waals surface area contributed by atoms with Gasteiger partial charge in [0.1, 0.15) is 0 Å². The van der Waals surface area contributed by atoms with Crippen LogP contribution in [0.25, 0.3) is 0 Å². The SMILES string of the molecule is O=S(=O)(O)CCCCOCc1cc(Br)sc1Br. The van der Waals surface area contributed by atoms with E-state index in [1.165, 1.54) is 0 Å². The molecule has 98 valence electrons. The molecule has 1 aromatic rings. The topological polar surface area (TPSA) is 63.6 Å². The minimum Gasteiger partial charge on any atom is -0.377 e. The third-order valence-electron chi connectivity index (χ3n) is 1.93. The monoisotopic (exact) mass is 406 g/mol. The lowest BCUT2D eigenvalue weighted by molar-refractivity contribution is 0.118. The number of hydrogen-bond acceptors (Lipinski definition) is 4. The molecule has 1 rings (SSSR count). The van der Waals surface area contributed by atoms with Gasteiger partial charge in [-0.3, -0.25) is 4.55 Å². The molecule has 0 aliphatic heterocycles. The quantitative estimate of drug-likeness (QED) is 0.555. The van der Waals surface area contributed by atoms with Gasteiger partial charge >= 0.3 is 0 Å². The predicted molar refractivity (Wildman–Crippen MR) is 75.0 cm³/mol. The second kappa shape index (κ2) is 7.20. The van der Waals surface area contributed by atoms with Crippen molar-refractivity contribution in [2.75, 3.05) is 12.4 Å². The van der Waals surface area contributed by atoms with Crippen LogP contribution in [0.15, 0.2) is 13.6 Å². The average molecular weight is 408 g/mol. The van der Waals surface area contributed by atoms with Gasteiger partial charge in [0, 0.05) is 12.2 Å². The van der Waals surface area contributed by atoms with Gasteiger partial charge in [0.05, 0.1) is 19.9 Å². The molecular weight excluding hydrogens is 396 g/mol. The molecule has 0 saturated carbocycles. The van der Waals surface area contributed by atoms with E-state index in [0.29, 0.717) is 26.1 Å². The normalized spacial score (nSPS) is 11.9. The van der Waals surface area contributed by atoms with Gasteiger partial charge in [-0.2, -0.15) is 8.42 Å². The van der Waals surface area contributed by atoms with E-state index in [2.05, 4.69) is 31.9 Å². The molecule has 17 heavy (non-hydrogen) atoms. The van der Waals surface area contributed by atoms with Crippen LogP contribution in [0.5, 0.6) is 0 Å². The number of thiophene rings is 1. The molecule has 0 amide bonds. The molecule has 0 aromatic carbocycles. The average Bonchev–Trinajstić information content (AvgIpc) is 2.49. The van der Waals surface area contributed by atoms with Crippen LogP contribution in [-0.2, 0) is 21.5 Å². The lowest BCUT2D eigenvalue weighted by Gasteiger charge is -2.02. The van der Waals surface area contributed by atoms with Crippen LogP contribution in [0.2, 0.25) is 0 Å². The van der Waals surface area contributed by atoms with Crippen LogP contribution in [0.1, 0.15) is 18.4 Å². The fraction of sp³-hybridized carbons (Fsp3) is 0.556. The van der Waals surface area contributed by atoms with Crippen LogP contribution in [0, 0.1) is 0 Å². The van der Waals surface area contributed by atoms with E-state index in [1.54, 1.807) is 11.3 Å². The molecular formula is C9H12Br2O4S2. The molecule has 4 nitrogen and oxygen atoms in total. The van der Waals surface area contributed by atoms with Crippen molar-refractivity contribution < 1.29 is 17.7 Å². The molecule has 1 aromatic heterocycles. The zero-order valence-electron chi connectivity index (χ0n) is 8.86. The molecule has 1 N–H and O–H groups in total. The first-order valence-corrected chi connectivity index (χ1v) is 8.86. The first-order chi connectivity index (χ1) is 7.88. The van der Waals surface area contributed by atoms with Gasteiger partial charge in [-0.25, -0.2) is 0 Å². The van der Waals surface area contributed by atoms with Gasteiger partial charge in [0.25, 0.3) is 10.1 Å². The Labute approximate surface area is 121 Å². The zero-order valence-corrected chi connectivity index (χ0v) is 13.7. The molecule has 1 heterocycles. The largest absolute Gasteiger partial charge is 0.377 e. The Morgan fingerprint density at radius 2 is 2.06 bits per heavy atom. The summed E-state index contributed by atoms with van der Waals surface area (Å²) < 4.78 is 36.9. The Morgan fingerprint density at radius 1 is 1.35 bits per heavy atom. The molecule has 0 radical (unpaired) electrons. The Kier molecular flexibility index (Phi) is 6.60. The van der Waals surface area contributed by atoms with Crippen molar-refractivity contribution in [3.63, 3.8) is 0 Å². The lowest BCUT2D eigenvalue weighted by Crippen LogP contribution is -2.05. The van der Waals surface area contributed by atoms with E-state index in [1.807, 2.05) is 6.07 Å². The van der Waals surface area contributed by atoms with E-state index in [-0.39, 0.29) is 5.75 Å². The summed E-state index contributed by atoms with van der Waals surface area (Å²) in [7, 11) is -3.83. The van der Waals surface area contributed by atoms with Gasteiger partial charge in [-0.15, -0.1) is 11.3 Å². The Bertz CT molecular complexity index is 456. The van der Waals surface area contributed by atoms with E-state index in [4.69, 9.17) is 9.29 Å². The smallest absolute Gasteiger partial charge is 0.264 e. The highest BCUT2D eigenvalue weighted by atomic mass is 79.9. The van der Waals surface area contributed by atoms with Crippen molar-refractivity contribution in [2.45, 2.75) is 19.4 Å². The van der Waals surface area contributed by atoms with E-state index >= 15 is 0 Å². The summed E-state index contributed by atoms with van der Waals surface area (Å²) in [6.07, 6.45) is 1.02. The molecule has 0 saturated heterocycles. The van der Waals surface area contributed by atoms with Crippen molar-refractivity contribution in [3.8, 4) is 0 Å². The van der Waals surface area contributed by atoms with E-state index in [9.17, 15) is 8.42 Å². The maximum atomic E-state index is 10.4. The summed E-state index contributed by atoms with van der Waals surface area (Å²) in [4.78, 5) is 0. The van der Waals surface area contributed by atoms with Crippen molar-refractivity contribution in [1.29, 1.82) is 0 Å². The number of halogens is 2. The van der Waals surface area contributed by atoms with E-state index in [0.717, 1.165) is 13.1 Å². The van der Waals surface area contributed by atoms with Crippen LogP contribution in [-0.4, -0.2) is 25.3 Å². The molecule has 0 fully saturated rings. The highest BCUT2D eigenvalue weighted by molar-refractivity contribution is 9.12. The number of hydrogen-bond donors (Lipinski definition) is 1. The summed E-state index contributed by atoms with van der Waals surface area (Å²) in [5, 5.41) is 0. The van der Waals surface area contributed by atoms with Gasteiger partial charge in [-0.05, 0) is 50.8 Å². The Hall–Kier alpha value is 0.530. The zero-order chi connectivity index (χ0) is 12.9. The summed E-state index contributed by atoms with van der Waals surface area (Å²) in [5.41, 5.74) is 1.07. The predicted octanol–water partition coefficient (Wildman–Crippen LogP) is 3.46. The van der Waals surface area contributed by atoms with Crippen molar-refractivity contribution >= 4 is 53.3 Å². The van der Waals surface area contributed by atoms with Gasteiger partial charge < -0.3 is 4.74 Å². The number of unbranched alkanes of at least 4 members (excludes halogenated alkanes) is 1. The fourth-order valence-corrected chi connectivity index (χ4v) is 4.50. The molecule has 8 heteroatoms. The molecule has 0 unspecified atom stereocenters. The molecule has 0 spiro atoms. The summed E-state index contributed by atoms with van der Waals surface area (Å²) in [6, 6.07) is 1.98. The van der Waals surface area contributed by atoms with E-state index < -0.39 is 10.1 Å². The molecule has 0 bridgehead atoms. The summed E-state index contributed by atoms with van der Waals surface area (Å²) in [5.74, 6) is -0.204. The fourth-order valence-electron chi connectivity index (χ4n) is 1.14. The van der Waals surface area contributed by atoms with Crippen molar-refractivity contribution in [3.05, 3.63) is 19.2 Å². The summed E-state index contributed by atoms with van der Waals surface area (Å²) in [6.45, 7) is 0.976. The van der Waals surface area contributed by atoms with Gasteiger partial charge in [-0.1, -0.05) is 0 Å². The van der Waals surface area contributed by atoms with Crippen LogP contribution in [0.4, 0.5) is 0 Å². The highest BCUT2D eigenvalue weighted by Crippen LogP contribution is 2.32. The first-order valence-electron chi connectivity index (χ1n) is 4.85. The molecule has 0 atom stereocenters. The number of ether oxygens (including phenoxy) is 1.